The Morgan fingerprint density at radius 2 is 0.980 bits per heavy atom. The first-order chi connectivity index (χ1) is 24.8. The number of rotatable bonds is 5. The van der Waals surface area contributed by atoms with Gasteiger partial charge in [-0.3, -0.25) is 0 Å². The third-order valence-electron chi connectivity index (χ3n) is 9.52. The van der Waals surface area contributed by atoms with Gasteiger partial charge in [0.25, 0.3) is 0 Å². The molecular formula is C46H28N2OS. The molecule has 7 aromatic carbocycles. The molecule has 0 aliphatic carbocycles. The van der Waals surface area contributed by atoms with Gasteiger partial charge in [-0.25, -0.2) is 9.97 Å². The van der Waals surface area contributed by atoms with Crippen LogP contribution >= 0.6 is 11.3 Å². The van der Waals surface area contributed by atoms with Gasteiger partial charge < -0.3 is 4.42 Å². The maximum Gasteiger partial charge on any atom is 0.180 e. The minimum absolute atomic E-state index is 0.694. The summed E-state index contributed by atoms with van der Waals surface area (Å²) in [6, 6.07) is 59.8. The molecule has 234 valence electrons. The van der Waals surface area contributed by atoms with Gasteiger partial charge in [-0.05, 0) is 69.8 Å². The van der Waals surface area contributed by atoms with Gasteiger partial charge in [0, 0.05) is 36.7 Å². The van der Waals surface area contributed by atoms with Crippen LogP contribution in [0.3, 0.4) is 0 Å². The summed E-state index contributed by atoms with van der Waals surface area (Å²) in [5.74, 6) is 0.694. The van der Waals surface area contributed by atoms with Gasteiger partial charge in [-0.2, -0.15) is 0 Å². The standard InChI is InChI=1S/C46H28N2OS/c1-2-11-29(12-3-1)30-23-25-31(26-24-30)32-13-8-14-33(27-32)34-15-9-16-35(28-34)43-45-44(36-17-4-6-20-39(36)49-45)48-46(47-43)38-19-10-22-41-42(38)37-18-5-7-21-40(37)50-41/h1-28H. The lowest BCUT2D eigenvalue weighted by Crippen LogP contribution is -1.94. The molecule has 0 saturated heterocycles. The van der Waals surface area contributed by atoms with Crippen molar-refractivity contribution in [1.29, 1.82) is 0 Å². The maximum absolute atomic E-state index is 6.51. The van der Waals surface area contributed by atoms with E-state index in [1.165, 1.54) is 42.4 Å². The van der Waals surface area contributed by atoms with Crippen molar-refractivity contribution < 1.29 is 4.42 Å². The van der Waals surface area contributed by atoms with Crippen molar-refractivity contribution in [2.24, 2.45) is 0 Å². The van der Waals surface area contributed by atoms with E-state index in [1.54, 1.807) is 11.3 Å². The summed E-state index contributed by atoms with van der Waals surface area (Å²) < 4.78 is 8.99. The molecule has 0 atom stereocenters. The Hall–Kier alpha value is -6.36. The molecule has 0 saturated carbocycles. The minimum atomic E-state index is 0.694. The van der Waals surface area contributed by atoms with Crippen LogP contribution in [0.5, 0.6) is 0 Å². The first-order valence-corrected chi connectivity index (χ1v) is 17.6. The summed E-state index contributed by atoms with van der Waals surface area (Å²) in [5, 5.41) is 3.40. The predicted molar refractivity (Wildman–Crippen MR) is 209 cm³/mol. The molecule has 0 spiro atoms. The molecule has 0 aliphatic heterocycles. The van der Waals surface area contributed by atoms with Gasteiger partial charge in [0.15, 0.2) is 11.4 Å². The molecule has 0 amide bonds. The summed E-state index contributed by atoms with van der Waals surface area (Å²) >= 11 is 1.80. The molecule has 0 aliphatic rings. The van der Waals surface area contributed by atoms with Crippen LogP contribution in [0.2, 0.25) is 0 Å². The summed E-state index contributed by atoms with van der Waals surface area (Å²) in [4.78, 5) is 10.5. The van der Waals surface area contributed by atoms with Gasteiger partial charge in [0.05, 0.1) is 0 Å². The van der Waals surface area contributed by atoms with E-state index in [-0.39, 0.29) is 0 Å². The maximum atomic E-state index is 6.51. The molecule has 0 N–H and O–H groups in total. The van der Waals surface area contributed by atoms with Gasteiger partial charge in [0.1, 0.15) is 16.8 Å². The van der Waals surface area contributed by atoms with E-state index < -0.39 is 0 Å². The normalized spacial score (nSPS) is 11.6. The fraction of sp³-hybridized carbons (Fsp3) is 0. The monoisotopic (exact) mass is 656 g/mol. The molecule has 3 nitrogen and oxygen atoms in total. The number of benzene rings is 7. The van der Waals surface area contributed by atoms with E-state index in [2.05, 4.69) is 146 Å². The van der Waals surface area contributed by atoms with Crippen LogP contribution in [0, 0.1) is 0 Å². The Balaban J connectivity index is 1.11. The fourth-order valence-electron chi connectivity index (χ4n) is 7.08. The van der Waals surface area contributed by atoms with Crippen LogP contribution in [-0.2, 0) is 0 Å². The van der Waals surface area contributed by atoms with Crippen molar-refractivity contribution in [3.05, 3.63) is 170 Å². The molecule has 3 aromatic heterocycles. The smallest absolute Gasteiger partial charge is 0.180 e. The van der Waals surface area contributed by atoms with E-state index in [9.17, 15) is 0 Å². The lowest BCUT2D eigenvalue weighted by atomic mass is 9.96. The average Bonchev–Trinajstić information content (AvgIpc) is 3.77. The second kappa shape index (κ2) is 11.7. The molecule has 50 heavy (non-hydrogen) atoms. The molecule has 0 unspecified atom stereocenters. The van der Waals surface area contributed by atoms with Gasteiger partial charge in [-0.15, -0.1) is 11.3 Å². The minimum Gasteiger partial charge on any atom is -0.452 e. The van der Waals surface area contributed by atoms with E-state index in [0.717, 1.165) is 44.4 Å². The van der Waals surface area contributed by atoms with Crippen molar-refractivity contribution in [2.45, 2.75) is 0 Å². The lowest BCUT2D eigenvalue weighted by molar-refractivity contribution is 0.667. The third-order valence-corrected chi connectivity index (χ3v) is 10.7. The predicted octanol–water partition coefficient (Wildman–Crippen LogP) is 13.1. The molecule has 10 rings (SSSR count). The number of furan rings is 1. The highest BCUT2D eigenvalue weighted by Crippen LogP contribution is 2.42. The number of hydrogen-bond acceptors (Lipinski definition) is 4. The quantitative estimate of drug-likeness (QED) is 0.185. The number of aromatic nitrogens is 2. The number of fused-ring (bicyclic) bond motifs is 6. The Morgan fingerprint density at radius 3 is 1.78 bits per heavy atom. The van der Waals surface area contributed by atoms with Crippen LogP contribution in [0.25, 0.3) is 98.3 Å². The molecule has 0 fully saturated rings. The number of thiophene rings is 1. The Kier molecular flexibility index (Phi) is 6.68. The lowest BCUT2D eigenvalue weighted by Gasteiger charge is -2.10. The Morgan fingerprint density at radius 1 is 0.420 bits per heavy atom. The number of hydrogen-bond donors (Lipinski definition) is 0. The zero-order valence-corrected chi connectivity index (χ0v) is 27.7. The van der Waals surface area contributed by atoms with Crippen LogP contribution < -0.4 is 0 Å². The molecular weight excluding hydrogens is 629 g/mol. The van der Waals surface area contributed by atoms with Crippen LogP contribution in [0.15, 0.2) is 174 Å². The Bertz CT molecular complexity index is 2870. The van der Waals surface area contributed by atoms with Crippen LogP contribution in [-0.4, -0.2) is 9.97 Å². The van der Waals surface area contributed by atoms with Crippen molar-refractivity contribution in [1.82, 2.24) is 9.97 Å². The first kappa shape index (κ1) is 28.6. The second-order valence-electron chi connectivity index (χ2n) is 12.6. The van der Waals surface area contributed by atoms with Crippen molar-refractivity contribution in [2.75, 3.05) is 0 Å². The Labute approximate surface area is 292 Å². The highest BCUT2D eigenvalue weighted by atomic mass is 32.1. The van der Waals surface area contributed by atoms with Crippen molar-refractivity contribution in [3.8, 4) is 56.0 Å². The van der Waals surface area contributed by atoms with Crippen molar-refractivity contribution >= 4 is 53.6 Å². The van der Waals surface area contributed by atoms with Crippen LogP contribution in [0.1, 0.15) is 0 Å². The summed E-state index contributed by atoms with van der Waals surface area (Å²) in [6.07, 6.45) is 0. The number of nitrogens with zero attached hydrogens (tertiary/aromatic N) is 2. The average molecular weight is 657 g/mol. The van der Waals surface area contributed by atoms with E-state index in [0.29, 0.717) is 11.4 Å². The fourth-order valence-corrected chi connectivity index (χ4v) is 8.21. The summed E-state index contributed by atoms with van der Waals surface area (Å²) in [6.45, 7) is 0. The van der Waals surface area contributed by atoms with Gasteiger partial charge in [-0.1, -0.05) is 133 Å². The second-order valence-corrected chi connectivity index (χ2v) is 13.6. The zero-order chi connectivity index (χ0) is 33.0. The molecule has 0 bridgehead atoms. The van der Waals surface area contributed by atoms with Gasteiger partial charge in [0.2, 0.25) is 0 Å². The highest BCUT2D eigenvalue weighted by molar-refractivity contribution is 7.25. The zero-order valence-electron chi connectivity index (χ0n) is 26.9. The molecule has 10 aromatic rings. The molecule has 4 heteroatoms. The molecule has 0 radical (unpaired) electrons. The SMILES string of the molecule is c1ccc(-c2ccc(-c3cccc(-c4cccc(-c5nc(-c6cccc7sc8ccccc8c67)nc6c5oc5ccccc56)c4)c3)cc2)cc1. The summed E-state index contributed by atoms with van der Waals surface area (Å²) in [7, 11) is 0. The number of para-hydroxylation sites is 1. The third kappa shape index (κ3) is 4.80. The highest BCUT2D eigenvalue weighted by Gasteiger charge is 2.20. The van der Waals surface area contributed by atoms with Gasteiger partial charge >= 0.3 is 0 Å². The first-order valence-electron chi connectivity index (χ1n) is 16.7. The largest absolute Gasteiger partial charge is 0.452 e. The van der Waals surface area contributed by atoms with E-state index >= 15 is 0 Å². The summed E-state index contributed by atoms with van der Waals surface area (Å²) in [5.41, 5.74) is 12.1. The topological polar surface area (TPSA) is 38.9 Å². The van der Waals surface area contributed by atoms with Crippen molar-refractivity contribution in [3.63, 3.8) is 0 Å². The van der Waals surface area contributed by atoms with E-state index in [1.807, 2.05) is 24.3 Å². The van der Waals surface area contributed by atoms with Crippen LogP contribution in [0.4, 0.5) is 0 Å². The molecule has 3 heterocycles. The van der Waals surface area contributed by atoms with E-state index in [4.69, 9.17) is 14.4 Å².